The quantitative estimate of drug-likeness (QED) is 0.772. The summed E-state index contributed by atoms with van der Waals surface area (Å²) in [4.78, 5) is 11.9. The smallest absolute Gasteiger partial charge is 0.188 e. The number of halogens is 1. The third-order valence-electron chi connectivity index (χ3n) is 3.75. The summed E-state index contributed by atoms with van der Waals surface area (Å²) in [5.41, 5.74) is 0.512. The van der Waals surface area contributed by atoms with Crippen molar-refractivity contribution >= 4 is 5.78 Å². The second-order valence-electron chi connectivity index (χ2n) is 5.78. The molecule has 0 N–H and O–H groups in total. The fourth-order valence-electron chi connectivity index (χ4n) is 2.92. The number of ether oxygens (including phenoxy) is 1. The summed E-state index contributed by atoms with van der Waals surface area (Å²) in [6, 6.07) is 5.62. The van der Waals surface area contributed by atoms with Crippen molar-refractivity contribution in [1.29, 1.82) is 0 Å². The van der Waals surface area contributed by atoms with Gasteiger partial charge in [-0.3, -0.25) is 4.79 Å². The van der Waals surface area contributed by atoms with Crippen LogP contribution in [-0.2, 0) is 4.74 Å². The van der Waals surface area contributed by atoms with E-state index < -0.39 is 0 Å². The van der Waals surface area contributed by atoms with Crippen LogP contribution in [0.3, 0.4) is 0 Å². The predicted molar refractivity (Wildman–Crippen MR) is 72.6 cm³/mol. The van der Waals surface area contributed by atoms with E-state index >= 15 is 0 Å². The van der Waals surface area contributed by atoms with Crippen LogP contribution < -0.4 is 0 Å². The number of benzene rings is 1. The molecule has 2 unspecified atom stereocenters. The van der Waals surface area contributed by atoms with Crippen LogP contribution in [0.15, 0.2) is 24.3 Å². The van der Waals surface area contributed by atoms with Crippen molar-refractivity contribution < 1.29 is 13.9 Å². The molecule has 0 amide bonds. The lowest BCUT2D eigenvalue weighted by molar-refractivity contribution is 0.00562. The first-order valence-electron chi connectivity index (χ1n) is 6.95. The normalized spacial score (nSPS) is 27.2. The molecular formula is C16H21FO2. The molecule has 2 rings (SSSR count). The molecule has 3 heteroatoms. The average molecular weight is 264 g/mol. The van der Waals surface area contributed by atoms with Gasteiger partial charge in [0.2, 0.25) is 0 Å². The minimum absolute atomic E-state index is 0.0779. The van der Waals surface area contributed by atoms with Gasteiger partial charge in [-0.15, -0.1) is 0 Å². The van der Waals surface area contributed by atoms with Gasteiger partial charge in [0.25, 0.3) is 0 Å². The molecule has 1 aliphatic carbocycles. The van der Waals surface area contributed by atoms with Gasteiger partial charge in [-0.05, 0) is 55.4 Å². The zero-order valence-electron chi connectivity index (χ0n) is 11.6. The van der Waals surface area contributed by atoms with Crippen LogP contribution in [0.4, 0.5) is 4.39 Å². The molecule has 1 fully saturated rings. The summed E-state index contributed by atoms with van der Waals surface area (Å²) in [7, 11) is 0. The van der Waals surface area contributed by atoms with E-state index in [1.807, 2.05) is 0 Å². The van der Waals surface area contributed by atoms with Crippen molar-refractivity contribution in [2.45, 2.75) is 39.2 Å². The van der Waals surface area contributed by atoms with Crippen LogP contribution in [0.1, 0.15) is 43.5 Å². The number of hydrogen-bond acceptors (Lipinski definition) is 2. The van der Waals surface area contributed by atoms with E-state index in [2.05, 4.69) is 13.8 Å². The van der Waals surface area contributed by atoms with Gasteiger partial charge in [0.1, 0.15) is 12.4 Å². The number of Topliss-reactive ketones (excluding diaryl/α,β-unsaturated/α-hetero) is 1. The van der Waals surface area contributed by atoms with E-state index in [9.17, 15) is 9.18 Å². The van der Waals surface area contributed by atoms with E-state index in [0.29, 0.717) is 17.4 Å². The van der Waals surface area contributed by atoms with E-state index in [-0.39, 0.29) is 24.3 Å². The molecule has 0 aliphatic heterocycles. The lowest BCUT2D eigenvalue weighted by Gasteiger charge is -2.31. The van der Waals surface area contributed by atoms with E-state index in [1.54, 1.807) is 0 Å². The van der Waals surface area contributed by atoms with Crippen molar-refractivity contribution in [1.82, 2.24) is 0 Å². The number of rotatable bonds is 4. The summed E-state index contributed by atoms with van der Waals surface area (Å²) >= 11 is 0. The zero-order chi connectivity index (χ0) is 13.8. The fourth-order valence-corrected chi connectivity index (χ4v) is 2.92. The Bertz CT molecular complexity index is 417. The van der Waals surface area contributed by atoms with Gasteiger partial charge in [0, 0.05) is 5.56 Å². The standard InChI is InChI=1S/C16H21FO2/c1-11-7-12(2)9-15(8-11)19-10-16(18)13-3-5-14(17)6-4-13/h3-6,11-12,15H,7-10H2,1-2H3. The summed E-state index contributed by atoms with van der Waals surface area (Å²) in [6.45, 7) is 4.55. The molecule has 19 heavy (non-hydrogen) atoms. The Morgan fingerprint density at radius 3 is 2.32 bits per heavy atom. The highest BCUT2D eigenvalue weighted by Gasteiger charge is 2.25. The van der Waals surface area contributed by atoms with Crippen LogP contribution in [0.25, 0.3) is 0 Å². The third kappa shape index (κ3) is 4.13. The van der Waals surface area contributed by atoms with Crippen molar-refractivity contribution in [2.24, 2.45) is 11.8 Å². The molecule has 2 atom stereocenters. The molecule has 0 bridgehead atoms. The average Bonchev–Trinajstić information content (AvgIpc) is 2.36. The molecule has 0 heterocycles. The van der Waals surface area contributed by atoms with Gasteiger partial charge in [-0.2, -0.15) is 0 Å². The Labute approximate surface area is 114 Å². The Kier molecular flexibility index (Phi) is 4.70. The molecule has 2 nitrogen and oxygen atoms in total. The summed E-state index contributed by atoms with van der Waals surface area (Å²) in [5, 5.41) is 0. The van der Waals surface area contributed by atoms with Gasteiger partial charge < -0.3 is 4.74 Å². The van der Waals surface area contributed by atoms with Crippen LogP contribution in [0, 0.1) is 17.7 Å². The highest BCUT2D eigenvalue weighted by molar-refractivity contribution is 5.97. The Hall–Kier alpha value is -1.22. The highest BCUT2D eigenvalue weighted by Crippen LogP contribution is 2.30. The van der Waals surface area contributed by atoms with Gasteiger partial charge in [0.15, 0.2) is 5.78 Å². The zero-order valence-corrected chi connectivity index (χ0v) is 11.6. The second kappa shape index (κ2) is 6.29. The lowest BCUT2D eigenvalue weighted by atomic mass is 9.82. The molecular weight excluding hydrogens is 243 g/mol. The van der Waals surface area contributed by atoms with Crippen LogP contribution in [0.5, 0.6) is 0 Å². The molecule has 1 aliphatic rings. The van der Waals surface area contributed by atoms with Crippen LogP contribution in [-0.4, -0.2) is 18.5 Å². The minimum Gasteiger partial charge on any atom is -0.370 e. The molecule has 104 valence electrons. The van der Waals surface area contributed by atoms with Gasteiger partial charge in [-0.25, -0.2) is 4.39 Å². The third-order valence-corrected chi connectivity index (χ3v) is 3.75. The first kappa shape index (κ1) is 14.2. The first-order chi connectivity index (χ1) is 9.04. The maximum atomic E-state index is 12.8. The maximum absolute atomic E-state index is 12.8. The topological polar surface area (TPSA) is 26.3 Å². The summed E-state index contributed by atoms with van der Waals surface area (Å²) < 4.78 is 18.5. The maximum Gasteiger partial charge on any atom is 0.188 e. The first-order valence-corrected chi connectivity index (χ1v) is 6.95. The summed E-state index contributed by atoms with van der Waals surface area (Å²) in [5.74, 6) is 0.919. The monoisotopic (exact) mass is 264 g/mol. The predicted octanol–water partition coefficient (Wildman–Crippen LogP) is 3.85. The molecule has 1 saturated carbocycles. The van der Waals surface area contributed by atoms with E-state index in [1.165, 1.54) is 30.7 Å². The largest absolute Gasteiger partial charge is 0.370 e. The Balaban J connectivity index is 1.84. The molecule has 1 aromatic carbocycles. The van der Waals surface area contributed by atoms with E-state index in [0.717, 1.165) is 12.8 Å². The number of hydrogen-bond donors (Lipinski definition) is 0. The number of ketones is 1. The van der Waals surface area contributed by atoms with Crippen LogP contribution >= 0.6 is 0 Å². The fraction of sp³-hybridized carbons (Fsp3) is 0.562. The molecule has 0 radical (unpaired) electrons. The van der Waals surface area contributed by atoms with Gasteiger partial charge in [-0.1, -0.05) is 13.8 Å². The molecule has 0 spiro atoms. The minimum atomic E-state index is -0.326. The lowest BCUT2D eigenvalue weighted by Crippen LogP contribution is -2.28. The van der Waals surface area contributed by atoms with Gasteiger partial charge in [0.05, 0.1) is 6.10 Å². The van der Waals surface area contributed by atoms with Gasteiger partial charge >= 0.3 is 0 Å². The van der Waals surface area contributed by atoms with Crippen molar-refractivity contribution in [2.75, 3.05) is 6.61 Å². The van der Waals surface area contributed by atoms with Crippen molar-refractivity contribution in [3.05, 3.63) is 35.6 Å². The molecule has 0 saturated heterocycles. The Morgan fingerprint density at radius 2 is 1.74 bits per heavy atom. The number of carbonyl (C=O) groups is 1. The van der Waals surface area contributed by atoms with Crippen molar-refractivity contribution in [3.8, 4) is 0 Å². The molecule has 0 aromatic heterocycles. The number of carbonyl (C=O) groups excluding carboxylic acids is 1. The Morgan fingerprint density at radius 1 is 1.16 bits per heavy atom. The van der Waals surface area contributed by atoms with Crippen LogP contribution in [0.2, 0.25) is 0 Å². The van der Waals surface area contributed by atoms with E-state index in [4.69, 9.17) is 4.74 Å². The second-order valence-corrected chi connectivity index (χ2v) is 5.78. The SMILES string of the molecule is CC1CC(C)CC(OCC(=O)c2ccc(F)cc2)C1. The summed E-state index contributed by atoms with van der Waals surface area (Å²) in [6.07, 6.45) is 3.48. The molecule has 1 aromatic rings. The van der Waals surface area contributed by atoms with Crippen molar-refractivity contribution in [3.63, 3.8) is 0 Å². The highest BCUT2D eigenvalue weighted by atomic mass is 19.1.